The molecule has 6 rings (SSSR count). The van der Waals surface area contributed by atoms with Crippen LogP contribution in [-0.2, 0) is 0 Å². The van der Waals surface area contributed by atoms with Crippen molar-refractivity contribution in [3.8, 4) is 33.8 Å². The Balaban J connectivity index is 1.50. The highest BCUT2D eigenvalue weighted by Gasteiger charge is 2.14. The van der Waals surface area contributed by atoms with Gasteiger partial charge in [0, 0.05) is 39.2 Å². The number of benzene rings is 3. The maximum Gasteiger partial charge on any atom is 0.124 e. The summed E-state index contributed by atoms with van der Waals surface area (Å²) in [7, 11) is 0. The maximum absolute atomic E-state index is 14.6. The fraction of sp³-hybridized carbons (Fsp3) is 0. The minimum Gasteiger partial charge on any atom is -0.354 e. The smallest absolute Gasteiger partial charge is 0.124 e. The van der Waals surface area contributed by atoms with E-state index in [9.17, 15) is 8.78 Å². The van der Waals surface area contributed by atoms with Crippen molar-refractivity contribution >= 4 is 21.8 Å². The van der Waals surface area contributed by atoms with Gasteiger partial charge < -0.3 is 4.98 Å². The fourth-order valence-corrected chi connectivity index (χ4v) is 4.26. The van der Waals surface area contributed by atoms with Crippen molar-refractivity contribution in [3.63, 3.8) is 0 Å². The first kappa shape index (κ1) is 19.3. The van der Waals surface area contributed by atoms with Crippen LogP contribution in [0.5, 0.6) is 0 Å². The molecule has 3 aromatic carbocycles. The summed E-state index contributed by atoms with van der Waals surface area (Å²) in [5.41, 5.74) is 6.31. The number of halogens is 2. The predicted molar refractivity (Wildman–Crippen MR) is 128 cm³/mol. The molecule has 0 aliphatic heterocycles. The lowest BCUT2D eigenvalue weighted by atomic mass is 10.0. The molecule has 0 fully saturated rings. The second kappa shape index (κ2) is 7.64. The van der Waals surface area contributed by atoms with Crippen molar-refractivity contribution in [1.82, 2.24) is 15.0 Å². The molecule has 6 aromatic rings. The van der Waals surface area contributed by atoms with Gasteiger partial charge in [-0.05, 0) is 60.7 Å². The number of aromatic nitrogens is 3. The van der Waals surface area contributed by atoms with Crippen LogP contribution in [0.1, 0.15) is 0 Å². The first-order valence-corrected chi connectivity index (χ1v) is 10.6. The first-order valence-electron chi connectivity index (χ1n) is 10.6. The molecule has 158 valence electrons. The molecule has 0 bridgehead atoms. The maximum atomic E-state index is 14.6. The molecule has 0 unspecified atom stereocenters. The molecule has 1 N–H and O–H groups in total. The number of pyridine rings is 2. The predicted octanol–water partition coefficient (Wildman–Crippen LogP) is 7.39. The van der Waals surface area contributed by atoms with Gasteiger partial charge in [0.1, 0.15) is 11.6 Å². The van der Waals surface area contributed by atoms with Gasteiger partial charge in [0.05, 0.1) is 22.6 Å². The van der Waals surface area contributed by atoms with Gasteiger partial charge in [0.2, 0.25) is 0 Å². The van der Waals surface area contributed by atoms with Crippen molar-refractivity contribution in [1.29, 1.82) is 0 Å². The van der Waals surface area contributed by atoms with E-state index in [0.29, 0.717) is 22.0 Å². The van der Waals surface area contributed by atoms with Gasteiger partial charge in [-0.25, -0.2) is 13.8 Å². The summed E-state index contributed by atoms with van der Waals surface area (Å²) in [5.74, 6) is -0.755. The van der Waals surface area contributed by atoms with Gasteiger partial charge in [0.15, 0.2) is 0 Å². The van der Waals surface area contributed by atoms with Crippen molar-refractivity contribution in [2.24, 2.45) is 0 Å². The van der Waals surface area contributed by atoms with Crippen molar-refractivity contribution < 1.29 is 8.78 Å². The molecule has 0 atom stereocenters. The van der Waals surface area contributed by atoms with Crippen LogP contribution in [0.2, 0.25) is 0 Å². The van der Waals surface area contributed by atoms with Crippen LogP contribution in [-0.4, -0.2) is 15.0 Å². The summed E-state index contributed by atoms with van der Waals surface area (Å²) in [6.07, 6.45) is 1.77. The highest BCUT2D eigenvalue weighted by molar-refractivity contribution is 6.11. The Kier molecular flexibility index (Phi) is 4.47. The number of nitrogens with one attached hydrogen (secondary N) is 1. The van der Waals surface area contributed by atoms with E-state index in [2.05, 4.69) is 9.97 Å². The third-order valence-corrected chi connectivity index (χ3v) is 5.78. The second-order valence-electron chi connectivity index (χ2n) is 7.89. The number of nitrogens with zero attached hydrogens (tertiary/aromatic N) is 2. The summed E-state index contributed by atoms with van der Waals surface area (Å²) in [6, 6.07) is 26.9. The summed E-state index contributed by atoms with van der Waals surface area (Å²) in [6.45, 7) is 0. The molecule has 0 saturated carbocycles. The van der Waals surface area contributed by atoms with Crippen molar-refractivity contribution in [2.45, 2.75) is 0 Å². The number of fused-ring (bicyclic) bond motifs is 3. The first-order chi connectivity index (χ1) is 16.2. The van der Waals surface area contributed by atoms with Crippen LogP contribution < -0.4 is 0 Å². The molecule has 0 amide bonds. The molecule has 0 aliphatic carbocycles. The van der Waals surface area contributed by atoms with E-state index >= 15 is 0 Å². The zero-order valence-electron chi connectivity index (χ0n) is 17.4. The lowest BCUT2D eigenvalue weighted by Crippen LogP contribution is -1.91. The molecule has 0 saturated heterocycles. The Morgan fingerprint density at radius 3 is 2.21 bits per heavy atom. The number of aromatic amines is 1. The fourth-order valence-electron chi connectivity index (χ4n) is 4.26. The van der Waals surface area contributed by atoms with Gasteiger partial charge in [0.25, 0.3) is 0 Å². The summed E-state index contributed by atoms with van der Waals surface area (Å²) in [4.78, 5) is 12.6. The average Bonchev–Trinajstić information content (AvgIpc) is 3.22. The molecule has 0 spiro atoms. The largest absolute Gasteiger partial charge is 0.354 e. The zero-order valence-corrected chi connectivity index (χ0v) is 17.4. The highest BCUT2D eigenvalue weighted by Crippen LogP contribution is 2.35. The summed E-state index contributed by atoms with van der Waals surface area (Å²) < 4.78 is 28.4. The third-order valence-electron chi connectivity index (χ3n) is 5.78. The Morgan fingerprint density at radius 2 is 1.36 bits per heavy atom. The zero-order chi connectivity index (χ0) is 22.4. The topological polar surface area (TPSA) is 41.6 Å². The molecule has 3 aromatic heterocycles. The van der Waals surface area contributed by atoms with Crippen LogP contribution in [0, 0.1) is 11.6 Å². The molecule has 3 nitrogen and oxygen atoms in total. The van der Waals surface area contributed by atoms with Crippen LogP contribution in [0.4, 0.5) is 8.78 Å². The number of H-pyrrole nitrogens is 1. The minimum absolute atomic E-state index is 0.359. The Hall–Kier alpha value is -4.38. The number of rotatable bonds is 3. The lowest BCUT2D eigenvalue weighted by Gasteiger charge is -2.08. The van der Waals surface area contributed by atoms with Crippen molar-refractivity contribution in [2.75, 3.05) is 0 Å². The molecular formula is C28H17F2N3. The van der Waals surface area contributed by atoms with Gasteiger partial charge in [-0.15, -0.1) is 0 Å². The minimum atomic E-state index is -0.396. The quantitative estimate of drug-likeness (QED) is 0.316. The van der Waals surface area contributed by atoms with E-state index in [-0.39, 0.29) is 5.82 Å². The van der Waals surface area contributed by atoms with Gasteiger partial charge in [-0.3, -0.25) is 4.98 Å². The van der Waals surface area contributed by atoms with E-state index in [4.69, 9.17) is 4.98 Å². The van der Waals surface area contributed by atoms with E-state index in [0.717, 1.165) is 33.5 Å². The summed E-state index contributed by atoms with van der Waals surface area (Å²) >= 11 is 0. The molecule has 33 heavy (non-hydrogen) atoms. The van der Waals surface area contributed by atoms with Crippen LogP contribution in [0.15, 0.2) is 97.2 Å². The van der Waals surface area contributed by atoms with Gasteiger partial charge in [-0.1, -0.05) is 30.3 Å². The van der Waals surface area contributed by atoms with Crippen LogP contribution in [0.3, 0.4) is 0 Å². The van der Waals surface area contributed by atoms with E-state index in [1.54, 1.807) is 12.3 Å². The Bertz CT molecular complexity index is 1640. The van der Waals surface area contributed by atoms with E-state index in [1.165, 1.54) is 24.3 Å². The molecule has 0 aliphatic rings. The standard InChI is InChI=1S/C28H17F2N3/c29-19-10-11-27-21(14-19)22-15-20(30)16-23(28(22)33-27)26-9-4-8-25(32-26)18-6-3-5-17(13-18)24-7-1-2-12-31-24/h1-16,33H. The SMILES string of the molecule is Fc1ccc2[nH]c3c(-c4cccc(-c5cccc(-c6ccccn6)c5)n4)cc(F)cc3c2c1. The Labute approximate surface area is 188 Å². The molecule has 0 radical (unpaired) electrons. The highest BCUT2D eigenvalue weighted by atomic mass is 19.1. The lowest BCUT2D eigenvalue weighted by molar-refractivity contribution is 0.628. The molecular weight excluding hydrogens is 416 g/mol. The summed E-state index contributed by atoms with van der Waals surface area (Å²) in [5, 5.41) is 1.27. The van der Waals surface area contributed by atoms with E-state index < -0.39 is 5.82 Å². The van der Waals surface area contributed by atoms with E-state index in [1.807, 2.05) is 60.7 Å². The van der Waals surface area contributed by atoms with Gasteiger partial charge in [-0.2, -0.15) is 0 Å². The number of hydrogen-bond acceptors (Lipinski definition) is 2. The third kappa shape index (κ3) is 3.44. The van der Waals surface area contributed by atoms with Gasteiger partial charge >= 0.3 is 0 Å². The monoisotopic (exact) mass is 433 g/mol. The van der Waals surface area contributed by atoms with Crippen LogP contribution in [0.25, 0.3) is 55.6 Å². The number of hydrogen-bond donors (Lipinski definition) is 1. The average molecular weight is 433 g/mol. The second-order valence-corrected chi connectivity index (χ2v) is 7.89. The molecule has 5 heteroatoms. The van der Waals surface area contributed by atoms with Crippen LogP contribution >= 0.6 is 0 Å². The molecule has 3 heterocycles. The Morgan fingerprint density at radius 1 is 0.606 bits per heavy atom. The van der Waals surface area contributed by atoms with Crippen molar-refractivity contribution in [3.05, 3.63) is 109 Å². The normalized spacial score (nSPS) is 11.3.